The summed E-state index contributed by atoms with van der Waals surface area (Å²) in [5.41, 5.74) is 1.66. The monoisotopic (exact) mass is 381 g/mol. The zero-order valence-electron chi connectivity index (χ0n) is 14.8. The molecule has 7 nitrogen and oxygen atoms in total. The van der Waals surface area contributed by atoms with E-state index in [1.165, 1.54) is 24.5 Å². The summed E-state index contributed by atoms with van der Waals surface area (Å²) in [6, 6.07) is 8.32. The maximum atomic E-state index is 12.7. The largest absolute Gasteiger partial charge is 0.459 e. The van der Waals surface area contributed by atoms with Gasteiger partial charge in [-0.25, -0.2) is 4.98 Å². The molecule has 0 spiro atoms. The van der Waals surface area contributed by atoms with Gasteiger partial charge < -0.3 is 9.73 Å². The predicted octanol–water partition coefficient (Wildman–Crippen LogP) is 3.50. The van der Waals surface area contributed by atoms with Crippen molar-refractivity contribution in [1.29, 1.82) is 0 Å². The first kappa shape index (κ1) is 17.2. The molecule has 1 aliphatic rings. The van der Waals surface area contributed by atoms with Gasteiger partial charge in [-0.15, -0.1) is 11.3 Å². The Bertz CT molecular complexity index is 1110. The molecule has 1 aliphatic heterocycles. The molecular formula is C19H15N3O4S. The van der Waals surface area contributed by atoms with E-state index in [9.17, 15) is 14.4 Å². The molecule has 3 amide bonds. The Morgan fingerprint density at radius 3 is 2.56 bits per heavy atom. The molecule has 0 fully saturated rings. The highest BCUT2D eigenvalue weighted by Crippen LogP contribution is 2.30. The number of carbonyl (C=O) groups excluding carboxylic acids is 3. The lowest BCUT2D eigenvalue weighted by Gasteiger charge is -2.05. The Hall–Kier alpha value is -3.26. The summed E-state index contributed by atoms with van der Waals surface area (Å²) in [6.07, 6.45) is 0. The van der Waals surface area contributed by atoms with Gasteiger partial charge in [0.25, 0.3) is 17.7 Å². The van der Waals surface area contributed by atoms with Crippen molar-refractivity contribution in [2.45, 2.75) is 13.8 Å². The van der Waals surface area contributed by atoms with E-state index in [-0.39, 0.29) is 23.3 Å². The number of rotatable bonds is 3. The van der Waals surface area contributed by atoms with Crippen molar-refractivity contribution >= 4 is 34.7 Å². The summed E-state index contributed by atoms with van der Waals surface area (Å²) >= 11 is 1.23. The summed E-state index contributed by atoms with van der Waals surface area (Å²) in [6.45, 7) is 3.60. The number of hydrogen-bond donors (Lipinski definition) is 1. The summed E-state index contributed by atoms with van der Waals surface area (Å²) in [4.78, 5) is 42.6. The summed E-state index contributed by atoms with van der Waals surface area (Å²) in [5, 5.41) is 3.39. The van der Waals surface area contributed by atoms with Crippen molar-refractivity contribution in [2.24, 2.45) is 0 Å². The van der Waals surface area contributed by atoms with Crippen molar-refractivity contribution in [2.75, 3.05) is 12.4 Å². The standard InChI is InChI=1S/C19H15N3O4S/c1-9-4-7-14(26-9)17-20-10(2)15(27-17)16(23)21-11-5-6-12-13(8-11)19(25)22(3)18(12)24/h4-8H,1-3H3,(H,21,23). The lowest BCUT2D eigenvalue weighted by molar-refractivity contribution is 0.0692. The van der Waals surface area contributed by atoms with Crippen LogP contribution < -0.4 is 5.32 Å². The Balaban J connectivity index is 1.60. The highest BCUT2D eigenvalue weighted by Gasteiger charge is 2.32. The van der Waals surface area contributed by atoms with Crippen LogP contribution in [0.1, 0.15) is 41.8 Å². The molecule has 136 valence electrons. The fourth-order valence-electron chi connectivity index (χ4n) is 2.89. The first-order valence-electron chi connectivity index (χ1n) is 8.17. The minimum atomic E-state index is -0.379. The van der Waals surface area contributed by atoms with Crippen molar-refractivity contribution in [3.63, 3.8) is 0 Å². The number of aromatic nitrogens is 1. The van der Waals surface area contributed by atoms with Gasteiger partial charge in [0.05, 0.1) is 16.8 Å². The zero-order chi connectivity index (χ0) is 19.3. The van der Waals surface area contributed by atoms with Crippen LogP contribution in [0.4, 0.5) is 5.69 Å². The summed E-state index contributed by atoms with van der Waals surface area (Å²) < 4.78 is 5.56. The van der Waals surface area contributed by atoms with Gasteiger partial charge in [0.15, 0.2) is 10.8 Å². The Kier molecular flexibility index (Phi) is 3.92. The minimum Gasteiger partial charge on any atom is -0.459 e. The number of anilines is 1. The third kappa shape index (κ3) is 2.83. The molecule has 0 atom stereocenters. The molecule has 27 heavy (non-hydrogen) atoms. The first-order valence-corrected chi connectivity index (χ1v) is 8.99. The lowest BCUT2D eigenvalue weighted by Crippen LogP contribution is -2.24. The Morgan fingerprint density at radius 1 is 1.11 bits per heavy atom. The lowest BCUT2D eigenvalue weighted by atomic mass is 10.1. The Labute approximate surface area is 158 Å². The number of aryl methyl sites for hydroxylation is 2. The van der Waals surface area contributed by atoms with Crippen molar-refractivity contribution in [3.05, 3.63) is 57.8 Å². The quantitative estimate of drug-likeness (QED) is 0.701. The molecule has 0 bridgehead atoms. The predicted molar refractivity (Wildman–Crippen MR) is 100 cm³/mol. The molecule has 1 N–H and O–H groups in total. The Morgan fingerprint density at radius 2 is 1.85 bits per heavy atom. The van der Waals surface area contributed by atoms with Crippen LogP contribution in [0.25, 0.3) is 10.8 Å². The van der Waals surface area contributed by atoms with Crippen LogP contribution in [0.5, 0.6) is 0 Å². The second kappa shape index (κ2) is 6.17. The number of thiazole rings is 1. The number of benzene rings is 1. The van der Waals surface area contributed by atoms with Gasteiger partial charge >= 0.3 is 0 Å². The van der Waals surface area contributed by atoms with E-state index < -0.39 is 0 Å². The van der Waals surface area contributed by atoms with E-state index >= 15 is 0 Å². The fourth-order valence-corrected chi connectivity index (χ4v) is 3.81. The van der Waals surface area contributed by atoms with Gasteiger partial charge in [0.1, 0.15) is 10.6 Å². The molecular weight excluding hydrogens is 366 g/mol. The summed E-state index contributed by atoms with van der Waals surface area (Å²) in [7, 11) is 1.43. The molecule has 8 heteroatoms. The van der Waals surface area contributed by atoms with Gasteiger partial charge in [-0.1, -0.05) is 0 Å². The van der Waals surface area contributed by atoms with Gasteiger partial charge in [0.2, 0.25) is 0 Å². The number of imide groups is 1. The van der Waals surface area contributed by atoms with E-state index in [4.69, 9.17) is 4.42 Å². The maximum absolute atomic E-state index is 12.7. The number of hydrogen-bond acceptors (Lipinski definition) is 6. The van der Waals surface area contributed by atoms with E-state index in [1.54, 1.807) is 19.1 Å². The molecule has 0 aliphatic carbocycles. The number of nitrogens with zero attached hydrogens (tertiary/aromatic N) is 2. The average molecular weight is 381 g/mol. The van der Waals surface area contributed by atoms with E-state index in [0.717, 1.165) is 10.7 Å². The second-order valence-corrected chi connectivity index (χ2v) is 7.23. The molecule has 3 aromatic rings. The van der Waals surface area contributed by atoms with Crippen LogP contribution in [0.15, 0.2) is 34.7 Å². The number of amides is 3. The topological polar surface area (TPSA) is 92.5 Å². The summed E-state index contributed by atoms with van der Waals surface area (Å²) in [5.74, 6) is 0.334. The van der Waals surface area contributed by atoms with Gasteiger partial charge in [0, 0.05) is 12.7 Å². The van der Waals surface area contributed by atoms with Gasteiger partial charge in [-0.2, -0.15) is 0 Å². The van der Waals surface area contributed by atoms with Gasteiger partial charge in [-0.05, 0) is 44.2 Å². The zero-order valence-corrected chi connectivity index (χ0v) is 15.6. The van der Waals surface area contributed by atoms with Crippen molar-refractivity contribution in [1.82, 2.24) is 9.88 Å². The molecule has 1 aromatic carbocycles. The molecule has 0 saturated heterocycles. The van der Waals surface area contributed by atoms with E-state index in [2.05, 4.69) is 10.3 Å². The smallest absolute Gasteiger partial charge is 0.267 e. The highest BCUT2D eigenvalue weighted by atomic mass is 32.1. The third-order valence-corrected chi connectivity index (χ3v) is 5.47. The average Bonchev–Trinajstić information content (AvgIpc) is 3.30. The molecule has 0 radical (unpaired) electrons. The van der Waals surface area contributed by atoms with Crippen LogP contribution >= 0.6 is 11.3 Å². The SMILES string of the molecule is Cc1ccc(-c2nc(C)c(C(=O)Nc3ccc4c(c3)C(=O)N(C)C4=O)s2)o1. The first-order chi connectivity index (χ1) is 12.8. The second-order valence-electron chi connectivity index (χ2n) is 6.23. The molecule has 2 aromatic heterocycles. The molecule has 4 rings (SSSR count). The van der Waals surface area contributed by atoms with Crippen LogP contribution in [-0.2, 0) is 0 Å². The fraction of sp³-hybridized carbons (Fsp3) is 0.158. The number of furan rings is 1. The number of nitrogens with one attached hydrogen (secondary N) is 1. The van der Waals surface area contributed by atoms with Crippen molar-refractivity contribution in [3.8, 4) is 10.8 Å². The van der Waals surface area contributed by atoms with Crippen molar-refractivity contribution < 1.29 is 18.8 Å². The molecule has 0 unspecified atom stereocenters. The van der Waals surface area contributed by atoms with Crippen LogP contribution in [0.3, 0.4) is 0 Å². The van der Waals surface area contributed by atoms with E-state index in [0.29, 0.717) is 32.6 Å². The van der Waals surface area contributed by atoms with Crippen LogP contribution in [-0.4, -0.2) is 34.7 Å². The van der Waals surface area contributed by atoms with Crippen LogP contribution in [0.2, 0.25) is 0 Å². The third-order valence-electron chi connectivity index (χ3n) is 4.30. The normalized spacial score (nSPS) is 13.2. The van der Waals surface area contributed by atoms with Crippen LogP contribution in [0, 0.1) is 13.8 Å². The number of fused-ring (bicyclic) bond motifs is 1. The maximum Gasteiger partial charge on any atom is 0.267 e. The minimum absolute atomic E-state index is 0.285. The molecule has 3 heterocycles. The van der Waals surface area contributed by atoms with E-state index in [1.807, 2.05) is 19.1 Å². The molecule has 0 saturated carbocycles. The van der Waals surface area contributed by atoms with Gasteiger partial charge in [-0.3, -0.25) is 19.3 Å². The highest BCUT2D eigenvalue weighted by molar-refractivity contribution is 7.17. The number of carbonyl (C=O) groups is 3.